The number of carbonyl (C=O) groups is 4. The second-order valence-corrected chi connectivity index (χ2v) is 11.3. The third kappa shape index (κ3) is 8.61. The Kier molecular flexibility index (Phi) is 10.7. The fraction of sp³-hybridized carbons (Fsp3) is 0.353. The van der Waals surface area contributed by atoms with E-state index in [0.29, 0.717) is 23.6 Å². The Morgan fingerprint density at radius 1 is 0.783 bits per heavy atom. The summed E-state index contributed by atoms with van der Waals surface area (Å²) in [5.41, 5.74) is -2.76. The molecule has 46 heavy (non-hydrogen) atoms. The summed E-state index contributed by atoms with van der Waals surface area (Å²) in [5, 5.41) is 11.2. The maximum Gasteiger partial charge on any atom is 0.417 e. The van der Waals surface area contributed by atoms with Crippen molar-refractivity contribution in [2.45, 2.75) is 69.1 Å². The molecule has 12 heteroatoms. The van der Waals surface area contributed by atoms with Gasteiger partial charge < -0.3 is 10.4 Å². The molecule has 1 atom stereocenters. The molecule has 0 spiro atoms. The summed E-state index contributed by atoms with van der Waals surface area (Å²) in [6.07, 6.45) is -6.13. The minimum atomic E-state index is -5.27. The van der Waals surface area contributed by atoms with Crippen LogP contribution in [-0.4, -0.2) is 35.1 Å². The number of rotatable bonds is 11. The summed E-state index contributed by atoms with van der Waals surface area (Å²) >= 11 is 0. The van der Waals surface area contributed by atoms with E-state index < -0.39 is 64.8 Å². The molecule has 0 aliphatic heterocycles. The van der Waals surface area contributed by atoms with Gasteiger partial charge in [-0.2, -0.15) is 26.3 Å². The van der Waals surface area contributed by atoms with Gasteiger partial charge in [-0.1, -0.05) is 61.7 Å². The van der Waals surface area contributed by atoms with Gasteiger partial charge >= 0.3 is 18.3 Å². The van der Waals surface area contributed by atoms with E-state index in [1.807, 2.05) is 12.1 Å². The highest BCUT2D eigenvalue weighted by atomic mass is 19.4. The van der Waals surface area contributed by atoms with Crippen molar-refractivity contribution in [3.8, 4) is 0 Å². The molecule has 244 valence electrons. The van der Waals surface area contributed by atoms with Crippen LogP contribution >= 0.6 is 0 Å². The summed E-state index contributed by atoms with van der Waals surface area (Å²) in [7, 11) is 0. The molecule has 1 amide bonds. The average Bonchev–Trinajstić information content (AvgIpc) is 3.02. The predicted molar refractivity (Wildman–Crippen MR) is 156 cm³/mol. The molecule has 4 rings (SSSR count). The van der Waals surface area contributed by atoms with E-state index in [1.54, 1.807) is 12.1 Å². The third-order valence-corrected chi connectivity index (χ3v) is 8.13. The van der Waals surface area contributed by atoms with Gasteiger partial charge in [0.15, 0.2) is 11.6 Å². The minimum Gasteiger partial charge on any atom is -0.481 e. The molecule has 1 unspecified atom stereocenters. The summed E-state index contributed by atoms with van der Waals surface area (Å²) in [6.45, 7) is -0.125. The molecular formula is C34H31F6NO5. The number of benzene rings is 3. The van der Waals surface area contributed by atoms with E-state index in [2.05, 4.69) is 5.32 Å². The van der Waals surface area contributed by atoms with Crippen molar-refractivity contribution >= 4 is 23.4 Å². The van der Waals surface area contributed by atoms with E-state index in [9.17, 15) is 45.5 Å². The predicted octanol–water partition coefficient (Wildman–Crippen LogP) is 8.22. The number of carbonyl (C=O) groups excluding carboxylic acids is 3. The number of halogens is 6. The lowest BCUT2D eigenvalue weighted by Crippen LogP contribution is -2.26. The zero-order valence-corrected chi connectivity index (χ0v) is 24.5. The number of hydrogen-bond donors (Lipinski definition) is 2. The SMILES string of the molecule is O=C(O)CCNC(=O)c1ccc(C(=O)C(CC(=O)c2ccc(C(F)(F)F)cc2C(F)(F)F)c2ccc(C3CCCCC3)cc2)cc1. The molecule has 1 fully saturated rings. The highest BCUT2D eigenvalue weighted by Crippen LogP contribution is 2.39. The molecule has 0 aromatic heterocycles. The fourth-order valence-electron chi connectivity index (χ4n) is 5.66. The first-order valence-electron chi connectivity index (χ1n) is 14.7. The fourth-order valence-corrected chi connectivity index (χ4v) is 5.66. The number of alkyl halides is 6. The quantitative estimate of drug-likeness (QED) is 0.161. The van der Waals surface area contributed by atoms with Crippen LogP contribution in [0.25, 0.3) is 0 Å². The molecule has 0 bridgehead atoms. The maximum absolute atomic E-state index is 13.9. The van der Waals surface area contributed by atoms with Crippen LogP contribution in [0.1, 0.15) is 110 Å². The number of ketones is 2. The molecule has 6 nitrogen and oxygen atoms in total. The first-order chi connectivity index (χ1) is 21.6. The highest BCUT2D eigenvalue weighted by Gasteiger charge is 2.40. The summed E-state index contributed by atoms with van der Waals surface area (Å²) < 4.78 is 81.2. The largest absolute Gasteiger partial charge is 0.481 e. The molecule has 0 saturated heterocycles. The van der Waals surface area contributed by atoms with Crippen LogP contribution in [0.15, 0.2) is 66.7 Å². The van der Waals surface area contributed by atoms with Gasteiger partial charge in [-0.15, -0.1) is 0 Å². The number of carboxylic acid groups (broad SMARTS) is 1. The van der Waals surface area contributed by atoms with E-state index in [-0.39, 0.29) is 30.2 Å². The van der Waals surface area contributed by atoms with Gasteiger partial charge in [0.2, 0.25) is 0 Å². The number of hydrogen-bond acceptors (Lipinski definition) is 4. The molecular weight excluding hydrogens is 616 g/mol. The molecule has 1 saturated carbocycles. The number of carboxylic acids is 1. The summed E-state index contributed by atoms with van der Waals surface area (Å²) in [4.78, 5) is 50.2. The van der Waals surface area contributed by atoms with Gasteiger partial charge in [0.1, 0.15) is 0 Å². The number of Topliss-reactive ketones (excluding diaryl/α,β-unsaturated/α-hetero) is 2. The lowest BCUT2D eigenvalue weighted by molar-refractivity contribution is -0.143. The van der Waals surface area contributed by atoms with E-state index in [0.717, 1.165) is 37.7 Å². The van der Waals surface area contributed by atoms with E-state index in [1.165, 1.54) is 24.3 Å². The van der Waals surface area contributed by atoms with Crippen molar-refractivity contribution in [3.05, 3.63) is 106 Å². The van der Waals surface area contributed by atoms with Gasteiger partial charge in [0.25, 0.3) is 5.91 Å². The molecule has 0 radical (unpaired) electrons. The van der Waals surface area contributed by atoms with Crippen LogP contribution in [0.2, 0.25) is 0 Å². The van der Waals surface area contributed by atoms with E-state index >= 15 is 0 Å². The lowest BCUT2D eigenvalue weighted by Gasteiger charge is -2.23. The van der Waals surface area contributed by atoms with Crippen LogP contribution in [0.5, 0.6) is 0 Å². The van der Waals surface area contributed by atoms with Crippen molar-refractivity contribution in [3.63, 3.8) is 0 Å². The Morgan fingerprint density at radius 2 is 1.39 bits per heavy atom. The Morgan fingerprint density at radius 3 is 1.96 bits per heavy atom. The molecule has 3 aromatic rings. The zero-order valence-electron chi connectivity index (χ0n) is 24.5. The van der Waals surface area contributed by atoms with Crippen LogP contribution in [0.3, 0.4) is 0 Å². The van der Waals surface area contributed by atoms with Gasteiger partial charge in [-0.05, 0) is 54.2 Å². The minimum absolute atomic E-state index is 0.0414. The van der Waals surface area contributed by atoms with Crippen LogP contribution in [0, 0.1) is 0 Å². The highest BCUT2D eigenvalue weighted by molar-refractivity contribution is 6.07. The summed E-state index contributed by atoms with van der Waals surface area (Å²) in [6, 6.07) is 12.9. The first-order valence-corrected chi connectivity index (χ1v) is 14.7. The summed E-state index contributed by atoms with van der Waals surface area (Å²) in [5.74, 6) is -4.47. The van der Waals surface area contributed by atoms with Gasteiger partial charge in [-0.3, -0.25) is 19.2 Å². The number of nitrogens with one attached hydrogen (secondary N) is 1. The van der Waals surface area contributed by atoms with E-state index in [4.69, 9.17) is 5.11 Å². The second-order valence-electron chi connectivity index (χ2n) is 11.3. The molecule has 1 aliphatic carbocycles. The maximum atomic E-state index is 13.9. The van der Waals surface area contributed by atoms with Crippen LogP contribution < -0.4 is 5.32 Å². The number of aliphatic carboxylic acids is 1. The first kappa shape index (κ1) is 34.4. The molecule has 0 heterocycles. The van der Waals surface area contributed by atoms with Gasteiger partial charge in [0.05, 0.1) is 23.5 Å². The van der Waals surface area contributed by atoms with Crippen LogP contribution in [-0.2, 0) is 17.1 Å². The monoisotopic (exact) mass is 647 g/mol. The Labute approximate surface area is 260 Å². The third-order valence-electron chi connectivity index (χ3n) is 8.13. The van der Waals surface area contributed by atoms with Gasteiger partial charge in [-0.25, -0.2) is 0 Å². The van der Waals surface area contributed by atoms with Crippen molar-refractivity contribution in [1.82, 2.24) is 5.32 Å². The zero-order chi connectivity index (χ0) is 33.6. The Hall–Kier alpha value is -4.48. The van der Waals surface area contributed by atoms with Crippen molar-refractivity contribution in [2.75, 3.05) is 6.54 Å². The van der Waals surface area contributed by atoms with Crippen molar-refractivity contribution in [1.29, 1.82) is 0 Å². The van der Waals surface area contributed by atoms with Gasteiger partial charge in [0, 0.05) is 29.7 Å². The normalized spacial score (nSPS) is 14.8. The number of amides is 1. The smallest absolute Gasteiger partial charge is 0.417 e. The van der Waals surface area contributed by atoms with Crippen LogP contribution in [0.4, 0.5) is 26.3 Å². The topological polar surface area (TPSA) is 101 Å². The van der Waals surface area contributed by atoms with Crippen molar-refractivity contribution < 1.29 is 50.6 Å². The lowest BCUT2D eigenvalue weighted by atomic mass is 9.81. The Bertz CT molecular complexity index is 1570. The molecule has 2 N–H and O–H groups in total. The van der Waals surface area contributed by atoms with Crippen molar-refractivity contribution in [2.24, 2.45) is 0 Å². The Balaban J connectivity index is 1.66. The molecule has 1 aliphatic rings. The second kappa shape index (κ2) is 14.3. The molecule has 3 aromatic carbocycles. The standard InChI is InChI=1S/C34H31F6NO5/c35-33(36,37)25-14-15-26(28(18-25)34(38,39)40)29(42)19-27(22-8-6-21(7-9-22)20-4-2-1-3-5-20)31(45)23-10-12-24(13-11-23)32(46)41-17-16-30(43)44/h6-15,18,20,27H,1-5,16-17,19H2,(H,41,46)(H,43,44). The average molecular weight is 648 g/mol.